The smallest absolute Gasteiger partial charge is 0.135 e. The van der Waals surface area contributed by atoms with E-state index in [0.29, 0.717) is 0 Å². The van der Waals surface area contributed by atoms with E-state index in [1.165, 1.54) is 26.6 Å². The molecule has 1 aromatic heterocycles. The highest BCUT2D eigenvalue weighted by Gasteiger charge is 2.11. The lowest BCUT2D eigenvalue weighted by Crippen LogP contribution is -1.78. The monoisotopic (exact) mass is 290 g/mol. The molecule has 0 atom stereocenters. The van der Waals surface area contributed by atoms with Crippen LogP contribution in [0.2, 0.25) is 0 Å². The van der Waals surface area contributed by atoms with E-state index < -0.39 is 0 Å². The van der Waals surface area contributed by atoms with Gasteiger partial charge in [-0.25, -0.2) is 0 Å². The van der Waals surface area contributed by atoms with Crippen LogP contribution in [0, 0.1) is 0 Å². The van der Waals surface area contributed by atoms with Crippen molar-refractivity contribution in [3.8, 4) is 11.1 Å². The molecular formula is C19H14OS. The fraction of sp³-hybridized carbons (Fsp3) is 0.0526. The van der Waals surface area contributed by atoms with Crippen LogP contribution in [0.15, 0.2) is 76.2 Å². The predicted octanol–water partition coefficient (Wildman–Crippen LogP) is 5.97. The second kappa shape index (κ2) is 4.97. The van der Waals surface area contributed by atoms with Crippen molar-refractivity contribution in [2.24, 2.45) is 0 Å². The van der Waals surface area contributed by atoms with Gasteiger partial charge >= 0.3 is 0 Å². The number of furan rings is 1. The zero-order valence-corrected chi connectivity index (χ0v) is 12.5. The van der Waals surface area contributed by atoms with Crippen LogP contribution in [0.4, 0.5) is 0 Å². The summed E-state index contributed by atoms with van der Waals surface area (Å²) in [6, 6.07) is 21.3. The molecule has 0 aliphatic heterocycles. The van der Waals surface area contributed by atoms with Gasteiger partial charge in [0.2, 0.25) is 0 Å². The van der Waals surface area contributed by atoms with Gasteiger partial charge in [-0.1, -0.05) is 42.5 Å². The van der Waals surface area contributed by atoms with Crippen LogP contribution in [-0.4, -0.2) is 6.26 Å². The Morgan fingerprint density at radius 3 is 2.48 bits per heavy atom. The highest BCUT2D eigenvalue weighted by molar-refractivity contribution is 7.98. The average molecular weight is 290 g/mol. The first-order valence-corrected chi connectivity index (χ1v) is 8.13. The van der Waals surface area contributed by atoms with Crippen LogP contribution in [0.25, 0.3) is 32.9 Å². The molecule has 21 heavy (non-hydrogen) atoms. The molecule has 0 bridgehead atoms. The van der Waals surface area contributed by atoms with Crippen molar-refractivity contribution in [2.75, 3.05) is 6.26 Å². The quantitative estimate of drug-likeness (QED) is 0.422. The van der Waals surface area contributed by atoms with Gasteiger partial charge in [0.25, 0.3) is 0 Å². The number of hydrogen-bond acceptors (Lipinski definition) is 2. The van der Waals surface area contributed by atoms with Crippen LogP contribution in [-0.2, 0) is 0 Å². The second-order valence-electron chi connectivity index (χ2n) is 5.04. The Kier molecular flexibility index (Phi) is 2.97. The van der Waals surface area contributed by atoms with E-state index in [2.05, 4.69) is 66.9 Å². The zero-order chi connectivity index (χ0) is 14.2. The molecule has 1 nitrogen and oxygen atoms in total. The molecule has 0 amide bonds. The van der Waals surface area contributed by atoms with Gasteiger partial charge in [-0.2, -0.15) is 0 Å². The van der Waals surface area contributed by atoms with Crippen molar-refractivity contribution < 1.29 is 4.42 Å². The molecule has 0 spiro atoms. The lowest BCUT2D eigenvalue weighted by molar-refractivity contribution is 0.617. The molecule has 0 fully saturated rings. The van der Waals surface area contributed by atoms with Gasteiger partial charge in [0, 0.05) is 15.8 Å². The molecule has 2 heteroatoms. The van der Waals surface area contributed by atoms with Gasteiger partial charge in [-0.05, 0) is 40.8 Å². The van der Waals surface area contributed by atoms with E-state index >= 15 is 0 Å². The van der Waals surface area contributed by atoms with Gasteiger partial charge < -0.3 is 4.42 Å². The third kappa shape index (κ3) is 2.03. The van der Waals surface area contributed by atoms with Crippen molar-refractivity contribution >= 4 is 33.5 Å². The number of thioether (sulfide) groups is 1. The van der Waals surface area contributed by atoms with Gasteiger partial charge in [-0.3, -0.25) is 0 Å². The van der Waals surface area contributed by atoms with E-state index in [1.807, 2.05) is 6.26 Å². The summed E-state index contributed by atoms with van der Waals surface area (Å²) in [5, 5.41) is 3.69. The largest absolute Gasteiger partial charge is 0.464 e. The zero-order valence-electron chi connectivity index (χ0n) is 11.7. The van der Waals surface area contributed by atoms with E-state index in [1.54, 1.807) is 11.8 Å². The molecule has 0 aliphatic carbocycles. The molecule has 3 aromatic carbocycles. The van der Waals surface area contributed by atoms with Crippen molar-refractivity contribution in [1.29, 1.82) is 0 Å². The first kappa shape index (κ1) is 12.5. The molecule has 102 valence electrons. The van der Waals surface area contributed by atoms with Gasteiger partial charge in [0.15, 0.2) is 0 Å². The van der Waals surface area contributed by atoms with Gasteiger partial charge in [-0.15, -0.1) is 11.8 Å². The normalized spacial score (nSPS) is 11.3. The van der Waals surface area contributed by atoms with Crippen molar-refractivity contribution in [2.45, 2.75) is 4.90 Å². The first-order chi connectivity index (χ1) is 10.4. The van der Waals surface area contributed by atoms with Crippen molar-refractivity contribution in [3.05, 3.63) is 66.9 Å². The van der Waals surface area contributed by atoms with Gasteiger partial charge in [0.05, 0.1) is 6.26 Å². The van der Waals surface area contributed by atoms with Crippen LogP contribution >= 0.6 is 11.8 Å². The lowest BCUT2D eigenvalue weighted by atomic mass is 9.99. The number of benzene rings is 3. The fourth-order valence-corrected chi connectivity index (χ4v) is 3.20. The summed E-state index contributed by atoms with van der Waals surface area (Å²) in [6.45, 7) is 0. The molecular weight excluding hydrogens is 276 g/mol. The third-order valence-corrected chi connectivity index (χ3v) is 4.61. The van der Waals surface area contributed by atoms with Crippen LogP contribution in [0.3, 0.4) is 0 Å². The Morgan fingerprint density at radius 1 is 0.857 bits per heavy atom. The lowest BCUT2D eigenvalue weighted by Gasteiger charge is -2.03. The molecule has 0 unspecified atom stereocenters. The standard InChI is InChI=1S/C19H14OS/c1-21-15-9-6-14(7-10-15)17-12-20-18-11-8-13-4-2-3-5-16(13)19(17)18/h2-12H,1H3. The minimum absolute atomic E-state index is 0.942. The number of rotatable bonds is 2. The maximum Gasteiger partial charge on any atom is 0.135 e. The van der Waals surface area contributed by atoms with Crippen molar-refractivity contribution in [1.82, 2.24) is 0 Å². The summed E-state index contributed by atoms with van der Waals surface area (Å²) in [7, 11) is 0. The third-order valence-electron chi connectivity index (χ3n) is 3.86. The molecule has 4 rings (SSSR count). The summed E-state index contributed by atoms with van der Waals surface area (Å²) in [5.41, 5.74) is 3.30. The molecule has 0 saturated heterocycles. The average Bonchev–Trinajstić information content (AvgIpc) is 2.99. The molecule has 0 saturated carbocycles. The van der Waals surface area contributed by atoms with Crippen molar-refractivity contribution in [3.63, 3.8) is 0 Å². The minimum atomic E-state index is 0.942. The maximum atomic E-state index is 5.76. The highest BCUT2D eigenvalue weighted by atomic mass is 32.2. The first-order valence-electron chi connectivity index (χ1n) is 6.90. The Morgan fingerprint density at radius 2 is 1.67 bits per heavy atom. The summed E-state index contributed by atoms with van der Waals surface area (Å²) >= 11 is 1.76. The summed E-state index contributed by atoms with van der Waals surface area (Å²) in [6.07, 6.45) is 3.96. The topological polar surface area (TPSA) is 13.1 Å². The highest BCUT2D eigenvalue weighted by Crippen LogP contribution is 2.36. The molecule has 0 aliphatic rings. The Hall–Kier alpha value is -2.19. The van der Waals surface area contributed by atoms with Gasteiger partial charge in [0.1, 0.15) is 5.58 Å². The fourth-order valence-electron chi connectivity index (χ4n) is 2.79. The van der Waals surface area contributed by atoms with Crippen LogP contribution in [0.5, 0.6) is 0 Å². The number of fused-ring (bicyclic) bond motifs is 3. The molecule has 0 radical (unpaired) electrons. The number of hydrogen-bond donors (Lipinski definition) is 0. The maximum absolute atomic E-state index is 5.76. The molecule has 0 N–H and O–H groups in total. The van der Waals surface area contributed by atoms with E-state index in [0.717, 1.165) is 11.1 Å². The molecule has 4 aromatic rings. The summed E-state index contributed by atoms with van der Waals surface area (Å²) < 4.78 is 5.76. The second-order valence-corrected chi connectivity index (χ2v) is 5.92. The van der Waals surface area contributed by atoms with E-state index in [4.69, 9.17) is 4.42 Å². The van der Waals surface area contributed by atoms with E-state index in [-0.39, 0.29) is 0 Å². The SMILES string of the molecule is CSc1ccc(-c2coc3ccc4ccccc4c23)cc1. The Balaban J connectivity index is 2.01. The van der Waals surface area contributed by atoms with E-state index in [9.17, 15) is 0 Å². The summed E-state index contributed by atoms with van der Waals surface area (Å²) in [4.78, 5) is 1.27. The summed E-state index contributed by atoms with van der Waals surface area (Å²) in [5.74, 6) is 0. The minimum Gasteiger partial charge on any atom is -0.464 e. The predicted molar refractivity (Wildman–Crippen MR) is 90.9 cm³/mol. The van der Waals surface area contributed by atoms with Crippen LogP contribution < -0.4 is 0 Å². The molecule has 1 heterocycles. The Labute approximate surface area is 127 Å². The van der Waals surface area contributed by atoms with Crippen LogP contribution in [0.1, 0.15) is 0 Å². The Bertz CT molecular complexity index is 919.